The Labute approximate surface area is 103 Å². The number of aromatic nitrogens is 2. The Balaban J connectivity index is 0.00000112. The van der Waals surface area contributed by atoms with Gasteiger partial charge in [-0.2, -0.15) is 0 Å². The molecule has 1 heterocycles. The third-order valence-corrected chi connectivity index (χ3v) is 3.29. The van der Waals surface area contributed by atoms with E-state index in [4.69, 9.17) is 0 Å². The van der Waals surface area contributed by atoms with Gasteiger partial charge >= 0.3 is 0 Å². The molecule has 0 spiro atoms. The molecule has 15 heavy (non-hydrogen) atoms. The van der Waals surface area contributed by atoms with Gasteiger partial charge < -0.3 is 9.67 Å². The van der Waals surface area contributed by atoms with Crippen LogP contribution >= 0.6 is 0 Å². The van der Waals surface area contributed by atoms with Gasteiger partial charge in [0.1, 0.15) is 5.82 Å². The molecule has 1 aliphatic rings. The number of fused-ring (bicyclic) bond motifs is 1. The van der Waals surface area contributed by atoms with Crippen LogP contribution in [0.2, 0.25) is 0 Å². The second-order valence-corrected chi connectivity index (χ2v) is 4.18. The van der Waals surface area contributed by atoms with E-state index < -0.39 is 0 Å². The number of nitrogens with zero attached hydrogens (tertiary/aromatic N) is 2. The van der Waals surface area contributed by atoms with Crippen molar-refractivity contribution in [3.05, 3.63) is 17.2 Å². The summed E-state index contributed by atoms with van der Waals surface area (Å²) in [4.78, 5) is 4.57. The van der Waals surface area contributed by atoms with Gasteiger partial charge in [0.2, 0.25) is 0 Å². The summed E-state index contributed by atoms with van der Waals surface area (Å²) in [6, 6.07) is 0. The minimum Gasteiger partial charge on any atom is -0.396 e. The van der Waals surface area contributed by atoms with Gasteiger partial charge in [-0.25, -0.2) is 4.98 Å². The van der Waals surface area contributed by atoms with E-state index in [1.165, 1.54) is 18.5 Å². The second kappa shape index (κ2) is 5.19. The number of rotatable bonds is 1. The zero-order chi connectivity index (χ0) is 10.1. The molecule has 1 aromatic rings. The van der Waals surface area contributed by atoms with Crippen LogP contribution in [-0.4, -0.2) is 21.3 Å². The van der Waals surface area contributed by atoms with E-state index in [9.17, 15) is 5.11 Å². The van der Waals surface area contributed by atoms with E-state index in [1.807, 2.05) is 6.92 Å². The van der Waals surface area contributed by atoms with Gasteiger partial charge in [0.15, 0.2) is 0 Å². The fraction of sp³-hybridized carbons (Fsp3) is 0.727. The summed E-state index contributed by atoms with van der Waals surface area (Å²) in [5, 5.41) is 9.31. The number of aliphatic hydroxyl groups excluding tert-OH is 1. The monoisotopic (exact) mass is 245 g/mol. The van der Waals surface area contributed by atoms with Crippen molar-refractivity contribution in [2.45, 2.75) is 38.5 Å². The molecule has 1 aliphatic carbocycles. The molecule has 0 saturated heterocycles. The van der Waals surface area contributed by atoms with Crippen molar-refractivity contribution in [1.82, 2.24) is 9.55 Å². The van der Waals surface area contributed by atoms with Gasteiger partial charge in [-0.1, -0.05) is 6.42 Å². The maximum atomic E-state index is 9.31. The van der Waals surface area contributed by atoms with Crippen LogP contribution in [0.5, 0.6) is 0 Å². The van der Waals surface area contributed by atoms with Crippen molar-refractivity contribution in [1.29, 1.82) is 0 Å². The normalized spacial score (nSPS) is 20.3. The van der Waals surface area contributed by atoms with Gasteiger partial charge in [0.05, 0.1) is 12.3 Å². The number of hydrogen-bond acceptors (Lipinski definition) is 2. The SMILES string of the molecule is Cc1nc2c(n1C)CCCCC2CO.[V]. The molecule has 2 rings (SSSR count). The Morgan fingerprint density at radius 1 is 1.47 bits per heavy atom. The summed E-state index contributed by atoms with van der Waals surface area (Å²) >= 11 is 0. The predicted octanol–water partition coefficient (Wildman–Crippen LogP) is 1.53. The summed E-state index contributed by atoms with van der Waals surface area (Å²) in [5.41, 5.74) is 2.48. The third kappa shape index (κ3) is 2.30. The number of aliphatic hydroxyl groups is 1. The van der Waals surface area contributed by atoms with Crippen molar-refractivity contribution in [3.63, 3.8) is 0 Å². The predicted molar refractivity (Wildman–Crippen MR) is 55.3 cm³/mol. The van der Waals surface area contributed by atoms with Crippen LogP contribution in [0.3, 0.4) is 0 Å². The zero-order valence-electron chi connectivity index (χ0n) is 9.40. The zero-order valence-corrected chi connectivity index (χ0v) is 10.8. The van der Waals surface area contributed by atoms with Gasteiger partial charge in [-0.15, -0.1) is 0 Å². The maximum Gasteiger partial charge on any atom is 0.105 e. The summed E-state index contributed by atoms with van der Waals surface area (Å²) in [7, 11) is 2.07. The van der Waals surface area contributed by atoms with Gasteiger partial charge in [0, 0.05) is 37.2 Å². The van der Waals surface area contributed by atoms with Crippen LogP contribution in [0.15, 0.2) is 0 Å². The minimum atomic E-state index is 0. The largest absolute Gasteiger partial charge is 0.396 e. The molecule has 0 amide bonds. The number of aryl methyl sites for hydroxylation is 1. The van der Waals surface area contributed by atoms with E-state index in [2.05, 4.69) is 16.6 Å². The molecule has 0 aromatic carbocycles. The summed E-state index contributed by atoms with van der Waals surface area (Å²) in [6.07, 6.45) is 4.63. The van der Waals surface area contributed by atoms with Crippen LogP contribution in [0, 0.1) is 6.92 Å². The quantitative estimate of drug-likeness (QED) is 0.762. The van der Waals surface area contributed by atoms with Crippen molar-refractivity contribution < 1.29 is 23.7 Å². The molecule has 83 valence electrons. The van der Waals surface area contributed by atoms with Crippen LogP contribution in [0.4, 0.5) is 0 Å². The van der Waals surface area contributed by atoms with E-state index in [0.717, 1.165) is 24.4 Å². The molecule has 0 bridgehead atoms. The van der Waals surface area contributed by atoms with Crippen LogP contribution in [0.1, 0.15) is 42.4 Å². The third-order valence-electron chi connectivity index (χ3n) is 3.29. The smallest absolute Gasteiger partial charge is 0.105 e. The molecular weight excluding hydrogens is 227 g/mol. The molecule has 0 saturated carbocycles. The van der Waals surface area contributed by atoms with Crippen molar-refractivity contribution in [3.8, 4) is 0 Å². The molecule has 1 aromatic heterocycles. The Kier molecular flexibility index (Phi) is 4.44. The maximum absolute atomic E-state index is 9.31. The Morgan fingerprint density at radius 3 is 2.87 bits per heavy atom. The number of imidazole rings is 1. The van der Waals surface area contributed by atoms with Crippen molar-refractivity contribution in [2.24, 2.45) is 7.05 Å². The summed E-state index contributed by atoms with van der Waals surface area (Å²) in [5.74, 6) is 1.34. The van der Waals surface area contributed by atoms with Crippen molar-refractivity contribution >= 4 is 0 Å². The fourth-order valence-corrected chi connectivity index (χ4v) is 2.30. The average Bonchev–Trinajstić information content (AvgIpc) is 2.41. The molecule has 1 unspecified atom stereocenters. The van der Waals surface area contributed by atoms with E-state index in [-0.39, 0.29) is 31.1 Å². The molecule has 0 aliphatic heterocycles. The first-order valence-corrected chi connectivity index (χ1v) is 5.37. The molecule has 4 heteroatoms. The van der Waals surface area contributed by atoms with Crippen LogP contribution < -0.4 is 0 Å². The van der Waals surface area contributed by atoms with E-state index >= 15 is 0 Å². The fourth-order valence-electron chi connectivity index (χ4n) is 2.30. The van der Waals surface area contributed by atoms with E-state index in [1.54, 1.807) is 0 Å². The molecule has 3 nitrogen and oxygen atoms in total. The van der Waals surface area contributed by atoms with Crippen molar-refractivity contribution in [2.75, 3.05) is 6.61 Å². The Morgan fingerprint density at radius 2 is 2.20 bits per heavy atom. The Hall–Kier alpha value is -0.246. The minimum absolute atomic E-state index is 0. The average molecular weight is 245 g/mol. The van der Waals surface area contributed by atoms with Gasteiger partial charge in [0.25, 0.3) is 0 Å². The number of hydrogen-bond donors (Lipinski definition) is 1. The van der Waals surface area contributed by atoms with E-state index in [0.29, 0.717) is 0 Å². The molecular formula is C11H18N2OV. The van der Waals surface area contributed by atoms with Crippen LogP contribution in [0.25, 0.3) is 0 Å². The first-order chi connectivity index (χ1) is 6.74. The van der Waals surface area contributed by atoms with Gasteiger partial charge in [-0.05, 0) is 26.2 Å². The first kappa shape index (κ1) is 12.8. The molecule has 0 fully saturated rings. The standard InChI is InChI=1S/C11H18N2O.V/c1-8-12-11-9(7-14)5-3-4-6-10(11)13(8)2;/h9,14H,3-7H2,1-2H3;. The van der Waals surface area contributed by atoms with Crippen LogP contribution in [-0.2, 0) is 32.0 Å². The topological polar surface area (TPSA) is 38.0 Å². The molecule has 1 radical (unpaired) electrons. The Bertz CT molecular complexity index is 336. The van der Waals surface area contributed by atoms with Gasteiger partial charge in [-0.3, -0.25) is 0 Å². The molecule has 1 atom stereocenters. The summed E-state index contributed by atoms with van der Waals surface area (Å²) < 4.78 is 2.17. The second-order valence-electron chi connectivity index (χ2n) is 4.18. The summed E-state index contributed by atoms with van der Waals surface area (Å²) in [6.45, 7) is 2.27. The molecule has 1 N–H and O–H groups in total. The first-order valence-electron chi connectivity index (χ1n) is 5.37.